The fourth-order valence-electron chi connectivity index (χ4n) is 2.53. The van der Waals surface area contributed by atoms with Crippen molar-refractivity contribution in [3.63, 3.8) is 0 Å². The summed E-state index contributed by atoms with van der Waals surface area (Å²) in [6.07, 6.45) is 0. The number of ether oxygens (including phenoxy) is 1. The van der Waals surface area contributed by atoms with Gasteiger partial charge in [-0.25, -0.2) is 4.63 Å². The molecule has 0 aliphatic heterocycles. The number of rotatable bonds is 5. The average molecular weight is 349 g/mol. The number of carbonyl (C=O) groups excluding carboxylic acids is 1. The van der Waals surface area contributed by atoms with Crippen molar-refractivity contribution in [2.45, 2.75) is 13.5 Å². The Bertz CT molecular complexity index is 1070. The molecule has 0 bridgehead atoms. The highest BCUT2D eigenvalue weighted by Crippen LogP contribution is 2.21. The number of hydrogen-bond donors (Lipinski definition) is 1. The van der Waals surface area contributed by atoms with Crippen LogP contribution in [0.3, 0.4) is 0 Å². The SMILES string of the molecule is Cc1cccc(OCc2ccc(C(=O)Nc3cccc4nonc34)o2)c1. The average Bonchev–Trinajstić information content (AvgIpc) is 3.30. The van der Waals surface area contributed by atoms with Crippen LogP contribution in [0, 0.1) is 6.92 Å². The summed E-state index contributed by atoms with van der Waals surface area (Å²) in [5.74, 6) is 1.10. The van der Waals surface area contributed by atoms with Gasteiger partial charge in [-0.05, 0) is 59.2 Å². The minimum atomic E-state index is -0.387. The van der Waals surface area contributed by atoms with E-state index in [4.69, 9.17) is 9.15 Å². The summed E-state index contributed by atoms with van der Waals surface area (Å²) < 4.78 is 15.9. The van der Waals surface area contributed by atoms with Gasteiger partial charge in [-0.2, -0.15) is 0 Å². The van der Waals surface area contributed by atoms with Gasteiger partial charge in [0.05, 0.1) is 5.69 Å². The molecule has 0 radical (unpaired) electrons. The molecule has 7 heteroatoms. The lowest BCUT2D eigenvalue weighted by atomic mass is 10.2. The van der Waals surface area contributed by atoms with Gasteiger partial charge in [-0.15, -0.1) is 0 Å². The van der Waals surface area contributed by atoms with Crippen LogP contribution in [0.4, 0.5) is 5.69 Å². The summed E-state index contributed by atoms with van der Waals surface area (Å²) in [7, 11) is 0. The highest BCUT2D eigenvalue weighted by Gasteiger charge is 2.15. The van der Waals surface area contributed by atoms with E-state index in [9.17, 15) is 4.79 Å². The fourth-order valence-corrected chi connectivity index (χ4v) is 2.53. The molecule has 0 unspecified atom stereocenters. The van der Waals surface area contributed by atoms with Crippen LogP contribution in [-0.4, -0.2) is 16.2 Å². The Hall–Kier alpha value is -3.61. The number of furan rings is 1. The third-order valence-corrected chi connectivity index (χ3v) is 3.79. The van der Waals surface area contributed by atoms with Gasteiger partial charge in [0.25, 0.3) is 5.91 Å². The molecule has 0 aliphatic rings. The second-order valence-electron chi connectivity index (χ2n) is 5.76. The van der Waals surface area contributed by atoms with E-state index in [1.807, 2.05) is 31.2 Å². The molecule has 2 heterocycles. The van der Waals surface area contributed by atoms with E-state index in [-0.39, 0.29) is 18.3 Å². The summed E-state index contributed by atoms with van der Waals surface area (Å²) >= 11 is 0. The van der Waals surface area contributed by atoms with Crippen molar-refractivity contribution < 1.29 is 18.6 Å². The Morgan fingerprint density at radius 2 is 2.00 bits per heavy atom. The van der Waals surface area contributed by atoms with E-state index in [0.29, 0.717) is 22.5 Å². The minimum absolute atomic E-state index is 0.182. The molecule has 2 aromatic carbocycles. The molecule has 0 saturated carbocycles. The van der Waals surface area contributed by atoms with Crippen LogP contribution in [-0.2, 0) is 6.61 Å². The van der Waals surface area contributed by atoms with E-state index >= 15 is 0 Å². The van der Waals surface area contributed by atoms with Gasteiger partial charge in [-0.1, -0.05) is 18.2 Å². The van der Waals surface area contributed by atoms with Gasteiger partial charge in [0.15, 0.2) is 11.3 Å². The summed E-state index contributed by atoms with van der Waals surface area (Å²) in [4.78, 5) is 12.4. The van der Waals surface area contributed by atoms with Crippen LogP contribution < -0.4 is 10.1 Å². The zero-order chi connectivity index (χ0) is 17.9. The Kier molecular flexibility index (Phi) is 4.10. The van der Waals surface area contributed by atoms with Crippen LogP contribution in [0.25, 0.3) is 11.0 Å². The molecule has 0 saturated heterocycles. The number of carbonyl (C=O) groups is 1. The molecule has 1 amide bonds. The Labute approximate surface area is 148 Å². The van der Waals surface area contributed by atoms with Gasteiger partial charge in [0.2, 0.25) is 0 Å². The largest absolute Gasteiger partial charge is 0.486 e. The maximum Gasteiger partial charge on any atom is 0.291 e. The third-order valence-electron chi connectivity index (χ3n) is 3.79. The van der Waals surface area contributed by atoms with E-state index in [2.05, 4.69) is 20.3 Å². The molecule has 26 heavy (non-hydrogen) atoms. The van der Waals surface area contributed by atoms with Crippen LogP contribution in [0.2, 0.25) is 0 Å². The van der Waals surface area contributed by atoms with Crippen molar-refractivity contribution >= 4 is 22.6 Å². The zero-order valence-corrected chi connectivity index (χ0v) is 13.9. The predicted molar refractivity (Wildman–Crippen MR) is 94.0 cm³/mol. The third kappa shape index (κ3) is 3.27. The van der Waals surface area contributed by atoms with Crippen molar-refractivity contribution in [1.29, 1.82) is 0 Å². The number of aryl methyl sites for hydroxylation is 1. The lowest BCUT2D eigenvalue weighted by Gasteiger charge is -2.05. The molecule has 7 nitrogen and oxygen atoms in total. The van der Waals surface area contributed by atoms with Gasteiger partial charge < -0.3 is 14.5 Å². The van der Waals surface area contributed by atoms with Crippen molar-refractivity contribution in [2.75, 3.05) is 5.32 Å². The highest BCUT2D eigenvalue weighted by atomic mass is 16.6. The molecule has 0 atom stereocenters. The Morgan fingerprint density at radius 1 is 1.12 bits per heavy atom. The van der Waals surface area contributed by atoms with Crippen molar-refractivity contribution in [1.82, 2.24) is 10.3 Å². The first-order valence-corrected chi connectivity index (χ1v) is 8.00. The normalized spacial score (nSPS) is 10.8. The minimum Gasteiger partial charge on any atom is -0.486 e. The van der Waals surface area contributed by atoms with Gasteiger partial charge in [-0.3, -0.25) is 4.79 Å². The number of nitrogens with zero attached hydrogens (tertiary/aromatic N) is 2. The summed E-state index contributed by atoms with van der Waals surface area (Å²) in [6.45, 7) is 2.23. The predicted octanol–water partition coefficient (Wildman–Crippen LogP) is 3.96. The topological polar surface area (TPSA) is 90.4 Å². The molecule has 0 aliphatic carbocycles. The molecular weight excluding hydrogens is 334 g/mol. The molecule has 2 aromatic heterocycles. The summed E-state index contributed by atoms with van der Waals surface area (Å²) in [6, 6.07) is 16.3. The Balaban J connectivity index is 1.44. The van der Waals surface area contributed by atoms with Gasteiger partial charge >= 0.3 is 0 Å². The lowest BCUT2D eigenvalue weighted by Crippen LogP contribution is -2.11. The summed E-state index contributed by atoms with van der Waals surface area (Å²) in [5.41, 5.74) is 2.66. The number of nitrogens with one attached hydrogen (secondary N) is 1. The van der Waals surface area contributed by atoms with Gasteiger partial charge in [0, 0.05) is 0 Å². The number of benzene rings is 2. The second-order valence-corrected chi connectivity index (χ2v) is 5.76. The second kappa shape index (κ2) is 6.72. The van der Waals surface area contributed by atoms with E-state index in [0.717, 1.165) is 11.3 Å². The number of amides is 1. The Morgan fingerprint density at radius 3 is 2.88 bits per heavy atom. The number of aromatic nitrogens is 2. The first kappa shape index (κ1) is 15.9. The molecular formula is C19H15N3O4. The van der Waals surface area contributed by atoms with E-state index in [1.54, 1.807) is 30.3 Å². The first-order chi connectivity index (χ1) is 12.7. The van der Waals surface area contributed by atoms with E-state index < -0.39 is 0 Å². The lowest BCUT2D eigenvalue weighted by molar-refractivity contribution is 0.0992. The highest BCUT2D eigenvalue weighted by molar-refractivity contribution is 6.06. The van der Waals surface area contributed by atoms with Crippen LogP contribution >= 0.6 is 0 Å². The quantitative estimate of drug-likeness (QED) is 0.586. The smallest absolute Gasteiger partial charge is 0.291 e. The summed E-state index contributed by atoms with van der Waals surface area (Å²) in [5, 5.41) is 10.3. The standard InChI is InChI=1S/C19H15N3O4/c1-12-4-2-5-13(10-12)24-11-14-8-9-17(25-14)19(23)20-15-6-3-7-16-18(15)22-26-21-16/h2-10H,11H2,1H3,(H,20,23). The molecule has 130 valence electrons. The first-order valence-electron chi connectivity index (χ1n) is 8.00. The van der Waals surface area contributed by atoms with Crippen LogP contribution in [0.5, 0.6) is 5.75 Å². The monoisotopic (exact) mass is 349 g/mol. The number of hydrogen-bond acceptors (Lipinski definition) is 6. The van der Waals surface area contributed by atoms with Crippen molar-refractivity contribution in [3.8, 4) is 5.75 Å². The maximum absolute atomic E-state index is 12.4. The maximum atomic E-state index is 12.4. The van der Waals surface area contributed by atoms with Crippen LogP contribution in [0.15, 0.2) is 63.6 Å². The van der Waals surface area contributed by atoms with Crippen molar-refractivity contribution in [2.24, 2.45) is 0 Å². The fraction of sp³-hybridized carbons (Fsp3) is 0.105. The van der Waals surface area contributed by atoms with Gasteiger partial charge in [0.1, 0.15) is 23.6 Å². The van der Waals surface area contributed by atoms with E-state index in [1.165, 1.54) is 0 Å². The van der Waals surface area contributed by atoms with Crippen LogP contribution in [0.1, 0.15) is 21.9 Å². The number of anilines is 1. The van der Waals surface area contributed by atoms with Crippen molar-refractivity contribution in [3.05, 3.63) is 71.7 Å². The number of fused-ring (bicyclic) bond motifs is 1. The molecule has 1 N–H and O–H groups in total. The molecule has 4 aromatic rings. The molecule has 0 spiro atoms. The molecule has 4 rings (SSSR count). The molecule has 0 fully saturated rings. The zero-order valence-electron chi connectivity index (χ0n) is 13.9.